The van der Waals surface area contributed by atoms with E-state index in [-0.39, 0.29) is 12.0 Å². The second kappa shape index (κ2) is 8.67. The SMILES string of the molecule is CCCC(C)NN[C@@H](Cc1ccccc1)C(=O)OC. The summed E-state index contributed by atoms with van der Waals surface area (Å²) in [6.45, 7) is 4.23. The van der Waals surface area contributed by atoms with Crippen LogP contribution in [0.15, 0.2) is 30.3 Å². The molecule has 1 aromatic rings. The molecular formula is C15H24N2O2. The molecule has 0 aromatic heterocycles. The molecule has 1 rings (SSSR count). The number of methoxy groups -OCH3 is 1. The number of nitrogens with one attached hydrogen (secondary N) is 2. The summed E-state index contributed by atoms with van der Waals surface area (Å²) in [6, 6.07) is 9.87. The minimum Gasteiger partial charge on any atom is -0.468 e. The summed E-state index contributed by atoms with van der Waals surface area (Å²) >= 11 is 0. The van der Waals surface area contributed by atoms with Crippen LogP contribution in [0, 0.1) is 0 Å². The van der Waals surface area contributed by atoms with E-state index in [9.17, 15) is 4.79 Å². The Bertz CT molecular complexity index is 368. The van der Waals surface area contributed by atoms with E-state index in [0.717, 1.165) is 18.4 Å². The molecule has 4 nitrogen and oxygen atoms in total. The predicted octanol–water partition coefficient (Wildman–Crippen LogP) is 2.05. The van der Waals surface area contributed by atoms with E-state index in [0.29, 0.717) is 12.5 Å². The molecular weight excluding hydrogens is 240 g/mol. The van der Waals surface area contributed by atoms with Crippen molar-refractivity contribution in [3.63, 3.8) is 0 Å². The smallest absolute Gasteiger partial charge is 0.324 e. The molecule has 0 aliphatic carbocycles. The molecule has 0 amide bonds. The number of hydrogen-bond donors (Lipinski definition) is 2. The zero-order chi connectivity index (χ0) is 14.1. The summed E-state index contributed by atoms with van der Waals surface area (Å²) in [7, 11) is 1.41. The van der Waals surface area contributed by atoms with Crippen molar-refractivity contribution in [2.24, 2.45) is 0 Å². The van der Waals surface area contributed by atoms with E-state index in [2.05, 4.69) is 24.7 Å². The average molecular weight is 264 g/mol. The van der Waals surface area contributed by atoms with Crippen molar-refractivity contribution in [2.75, 3.05) is 7.11 Å². The normalized spacial score (nSPS) is 13.8. The maximum Gasteiger partial charge on any atom is 0.324 e. The fraction of sp³-hybridized carbons (Fsp3) is 0.533. The fourth-order valence-electron chi connectivity index (χ4n) is 1.93. The Morgan fingerprint density at radius 2 is 1.95 bits per heavy atom. The number of ether oxygens (including phenoxy) is 1. The highest BCUT2D eigenvalue weighted by Crippen LogP contribution is 2.04. The summed E-state index contributed by atoms with van der Waals surface area (Å²) < 4.78 is 4.84. The Kier molecular flexibility index (Phi) is 7.15. The minimum atomic E-state index is -0.369. The lowest BCUT2D eigenvalue weighted by Crippen LogP contribution is -2.50. The Labute approximate surface area is 115 Å². The monoisotopic (exact) mass is 264 g/mol. The number of carbonyl (C=O) groups is 1. The predicted molar refractivity (Wildman–Crippen MR) is 76.6 cm³/mol. The topological polar surface area (TPSA) is 50.4 Å². The first kappa shape index (κ1) is 15.7. The lowest BCUT2D eigenvalue weighted by Gasteiger charge is -2.20. The zero-order valence-corrected chi connectivity index (χ0v) is 12.0. The third-order valence-corrected chi connectivity index (χ3v) is 2.99. The standard InChI is InChI=1S/C15H24N2O2/c1-4-8-12(2)16-17-14(15(18)19-3)11-13-9-6-5-7-10-13/h5-7,9-10,12,14,16-17H,4,8,11H2,1-3H3/t12?,14-/m0/s1. The zero-order valence-electron chi connectivity index (χ0n) is 12.0. The van der Waals surface area contributed by atoms with Crippen molar-refractivity contribution in [3.8, 4) is 0 Å². The third-order valence-electron chi connectivity index (χ3n) is 2.99. The molecule has 4 heteroatoms. The number of carbonyl (C=O) groups excluding carboxylic acids is 1. The first-order valence-electron chi connectivity index (χ1n) is 6.80. The van der Waals surface area contributed by atoms with Crippen molar-refractivity contribution in [1.82, 2.24) is 10.9 Å². The third kappa shape index (κ3) is 5.85. The van der Waals surface area contributed by atoms with Gasteiger partial charge in [0.25, 0.3) is 0 Å². The van der Waals surface area contributed by atoms with Crippen LogP contribution in [0.3, 0.4) is 0 Å². The number of hydrogen-bond acceptors (Lipinski definition) is 4. The van der Waals surface area contributed by atoms with Crippen molar-refractivity contribution in [1.29, 1.82) is 0 Å². The molecule has 0 fully saturated rings. The molecule has 1 unspecified atom stereocenters. The molecule has 0 bridgehead atoms. The van der Waals surface area contributed by atoms with Gasteiger partial charge in [0, 0.05) is 6.04 Å². The fourth-order valence-corrected chi connectivity index (χ4v) is 1.93. The van der Waals surface area contributed by atoms with Crippen LogP contribution >= 0.6 is 0 Å². The van der Waals surface area contributed by atoms with Gasteiger partial charge in [0.15, 0.2) is 0 Å². The quantitative estimate of drug-likeness (QED) is 0.557. The summed E-state index contributed by atoms with van der Waals surface area (Å²) in [4.78, 5) is 11.8. The second-order valence-electron chi connectivity index (χ2n) is 4.74. The van der Waals surface area contributed by atoms with Crippen LogP contribution in [0.5, 0.6) is 0 Å². The summed E-state index contributed by atoms with van der Waals surface area (Å²) in [5.41, 5.74) is 7.35. The van der Waals surface area contributed by atoms with Gasteiger partial charge in [-0.1, -0.05) is 43.7 Å². The van der Waals surface area contributed by atoms with Crippen LogP contribution in [0.4, 0.5) is 0 Å². The van der Waals surface area contributed by atoms with Gasteiger partial charge in [-0.3, -0.25) is 10.2 Å². The van der Waals surface area contributed by atoms with Gasteiger partial charge in [0.1, 0.15) is 6.04 Å². The molecule has 2 N–H and O–H groups in total. The van der Waals surface area contributed by atoms with Gasteiger partial charge >= 0.3 is 5.97 Å². The van der Waals surface area contributed by atoms with E-state index < -0.39 is 0 Å². The largest absolute Gasteiger partial charge is 0.468 e. The maximum absolute atomic E-state index is 11.8. The van der Waals surface area contributed by atoms with Gasteiger partial charge in [-0.2, -0.15) is 0 Å². The van der Waals surface area contributed by atoms with E-state index >= 15 is 0 Å². The van der Waals surface area contributed by atoms with Gasteiger partial charge in [0.05, 0.1) is 7.11 Å². The highest BCUT2D eigenvalue weighted by atomic mass is 16.5. The first-order chi connectivity index (χ1) is 9.17. The molecule has 0 heterocycles. The first-order valence-corrected chi connectivity index (χ1v) is 6.80. The molecule has 0 radical (unpaired) electrons. The molecule has 0 aliphatic heterocycles. The summed E-state index contributed by atoms with van der Waals surface area (Å²) in [6.07, 6.45) is 2.78. The number of benzene rings is 1. The van der Waals surface area contributed by atoms with Gasteiger partial charge in [-0.05, 0) is 25.3 Å². The summed E-state index contributed by atoms with van der Waals surface area (Å²) in [5, 5.41) is 0. The molecule has 0 saturated carbocycles. The van der Waals surface area contributed by atoms with Crippen molar-refractivity contribution in [2.45, 2.75) is 45.2 Å². The lowest BCUT2D eigenvalue weighted by molar-refractivity contribution is -0.143. The van der Waals surface area contributed by atoms with Crippen molar-refractivity contribution >= 4 is 5.97 Å². The highest BCUT2D eigenvalue weighted by Gasteiger charge is 2.19. The average Bonchev–Trinajstić information content (AvgIpc) is 2.44. The molecule has 1 aromatic carbocycles. The molecule has 2 atom stereocenters. The number of esters is 1. The van der Waals surface area contributed by atoms with Crippen molar-refractivity contribution < 1.29 is 9.53 Å². The van der Waals surface area contributed by atoms with Gasteiger partial charge in [0.2, 0.25) is 0 Å². The lowest BCUT2D eigenvalue weighted by atomic mass is 10.1. The minimum absolute atomic E-state index is 0.250. The molecule has 106 valence electrons. The van der Waals surface area contributed by atoms with E-state index in [4.69, 9.17) is 4.74 Å². The highest BCUT2D eigenvalue weighted by molar-refractivity contribution is 5.75. The van der Waals surface area contributed by atoms with E-state index in [1.54, 1.807) is 0 Å². The Hall–Kier alpha value is -1.39. The van der Waals surface area contributed by atoms with Crippen LogP contribution in [0.1, 0.15) is 32.3 Å². The van der Waals surface area contributed by atoms with Crippen LogP contribution < -0.4 is 10.9 Å². The van der Waals surface area contributed by atoms with Gasteiger partial charge in [-0.25, -0.2) is 5.43 Å². The van der Waals surface area contributed by atoms with E-state index in [1.165, 1.54) is 7.11 Å². The maximum atomic E-state index is 11.8. The molecule has 19 heavy (non-hydrogen) atoms. The Morgan fingerprint density at radius 3 is 2.53 bits per heavy atom. The Morgan fingerprint density at radius 1 is 1.26 bits per heavy atom. The van der Waals surface area contributed by atoms with Crippen LogP contribution in [0.25, 0.3) is 0 Å². The van der Waals surface area contributed by atoms with Crippen LogP contribution in [0.2, 0.25) is 0 Å². The second-order valence-corrected chi connectivity index (χ2v) is 4.74. The van der Waals surface area contributed by atoms with Gasteiger partial charge < -0.3 is 4.74 Å². The molecule has 0 spiro atoms. The van der Waals surface area contributed by atoms with E-state index in [1.807, 2.05) is 30.3 Å². The number of rotatable bonds is 8. The van der Waals surface area contributed by atoms with Crippen LogP contribution in [-0.4, -0.2) is 25.2 Å². The summed E-state index contributed by atoms with van der Waals surface area (Å²) in [5.74, 6) is -0.250. The number of hydrazine groups is 1. The molecule has 0 aliphatic rings. The van der Waals surface area contributed by atoms with Crippen LogP contribution in [-0.2, 0) is 16.0 Å². The Balaban J connectivity index is 2.55. The molecule has 0 saturated heterocycles. The van der Waals surface area contributed by atoms with Crippen molar-refractivity contribution in [3.05, 3.63) is 35.9 Å². The van der Waals surface area contributed by atoms with Gasteiger partial charge in [-0.15, -0.1) is 0 Å².